The van der Waals surface area contributed by atoms with Gasteiger partial charge in [-0.3, -0.25) is 0 Å². The molecule has 0 bridgehead atoms. The van der Waals surface area contributed by atoms with E-state index in [0.717, 1.165) is 9.90 Å². The maximum Gasteiger partial charge on any atom is 0.0868 e. The van der Waals surface area contributed by atoms with Crippen molar-refractivity contribution in [3.05, 3.63) is 23.8 Å². The van der Waals surface area contributed by atoms with Gasteiger partial charge in [-0.25, -0.2) is 0 Å². The van der Waals surface area contributed by atoms with E-state index >= 15 is 0 Å². The van der Waals surface area contributed by atoms with Crippen LogP contribution in [0.3, 0.4) is 0 Å². The summed E-state index contributed by atoms with van der Waals surface area (Å²) in [5.41, 5.74) is 6.94. The zero-order valence-corrected chi connectivity index (χ0v) is 8.38. The average Bonchev–Trinajstić information content (AvgIpc) is 2.29. The molecule has 0 saturated heterocycles. The Morgan fingerprint density at radius 1 is 1.33 bits per heavy atom. The third-order valence-electron chi connectivity index (χ3n) is 1.85. The molecule has 0 radical (unpaired) electrons. The molecule has 62 valence electrons. The van der Waals surface area contributed by atoms with Crippen LogP contribution in [0.15, 0.2) is 23.1 Å². The van der Waals surface area contributed by atoms with E-state index in [-0.39, 0.29) is 0 Å². The van der Waals surface area contributed by atoms with E-state index in [4.69, 9.17) is 5.73 Å². The normalized spacial score (nSPS) is 10.8. The van der Waals surface area contributed by atoms with Crippen LogP contribution >= 0.6 is 24.0 Å². The molecule has 0 fully saturated rings. The molecule has 1 aromatic carbocycles. The molecule has 12 heavy (non-hydrogen) atoms. The number of nitrogen functional groups attached to an aromatic ring is 1. The van der Waals surface area contributed by atoms with Crippen molar-refractivity contribution in [1.29, 1.82) is 0 Å². The number of rotatable bonds is 0. The van der Waals surface area contributed by atoms with E-state index in [0.29, 0.717) is 0 Å². The molecule has 0 spiro atoms. The summed E-state index contributed by atoms with van der Waals surface area (Å²) in [6.45, 7) is 2.08. The first-order valence-corrected chi connectivity index (χ1v) is 4.92. The Hall–Kier alpha value is -0.670. The topological polar surface area (TPSA) is 26.0 Å². The van der Waals surface area contributed by atoms with Gasteiger partial charge >= 0.3 is 0 Å². The zero-order valence-electron chi connectivity index (χ0n) is 6.66. The van der Waals surface area contributed by atoms with E-state index in [1.165, 1.54) is 15.6 Å². The van der Waals surface area contributed by atoms with Crippen molar-refractivity contribution in [3.8, 4) is 0 Å². The summed E-state index contributed by atoms with van der Waals surface area (Å²) in [7, 11) is 0. The van der Waals surface area contributed by atoms with Crippen LogP contribution in [-0.2, 0) is 0 Å². The number of thiophene rings is 1. The van der Waals surface area contributed by atoms with Gasteiger partial charge in [-0.05, 0) is 36.1 Å². The third kappa shape index (κ3) is 1.19. The van der Waals surface area contributed by atoms with Gasteiger partial charge in [0.1, 0.15) is 0 Å². The Morgan fingerprint density at radius 2 is 2.08 bits per heavy atom. The lowest BCUT2D eigenvalue weighted by atomic mass is 10.1. The number of anilines is 1. The molecule has 0 aliphatic rings. The average molecular weight is 195 g/mol. The number of thiol groups is 1. The van der Waals surface area contributed by atoms with Gasteiger partial charge in [0, 0.05) is 9.60 Å². The van der Waals surface area contributed by atoms with Crippen LogP contribution in [0.4, 0.5) is 5.00 Å². The molecular weight excluding hydrogens is 186 g/mol. The van der Waals surface area contributed by atoms with Crippen molar-refractivity contribution in [2.24, 2.45) is 0 Å². The van der Waals surface area contributed by atoms with Gasteiger partial charge in [-0.2, -0.15) is 0 Å². The van der Waals surface area contributed by atoms with E-state index in [9.17, 15) is 0 Å². The molecule has 0 aliphatic heterocycles. The quantitative estimate of drug-likeness (QED) is 0.621. The van der Waals surface area contributed by atoms with Crippen molar-refractivity contribution in [2.45, 2.75) is 11.8 Å². The van der Waals surface area contributed by atoms with E-state index in [1.54, 1.807) is 11.3 Å². The number of hydrogen-bond donors (Lipinski definition) is 2. The fourth-order valence-electron chi connectivity index (χ4n) is 1.32. The molecule has 1 heterocycles. The number of nitrogens with two attached hydrogens (primary N) is 1. The first kappa shape index (κ1) is 7.95. The number of benzene rings is 1. The minimum absolute atomic E-state index is 0.868. The highest BCUT2D eigenvalue weighted by atomic mass is 32.1. The van der Waals surface area contributed by atoms with Gasteiger partial charge in [0.25, 0.3) is 0 Å². The van der Waals surface area contributed by atoms with Gasteiger partial charge in [-0.1, -0.05) is 0 Å². The highest BCUT2D eigenvalue weighted by Crippen LogP contribution is 2.31. The minimum atomic E-state index is 0.868. The number of aryl methyl sites for hydroxylation is 1. The summed E-state index contributed by atoms with van der Waals surface area (Å²) in [6.07, 6.45) is 0. The predicted molar refractivity (Wildman–Crippen MR) is 58.2 cm³/mol. The fourth-order valence-corrected chi connectivity index (χ4v) is 2.67. The smallest absolute Gasteiger partial charge is 0.0868 e. The summed E-state index contributed by atoms with van der Waals surface area (Å²) < 4.78 is 1.22. The fraction of sp³-hybridized carbons (Fsp3) is 0.111. The molecule has 0 saturated carbocycles. The Kier molecular flexibility index (Phi) is 1.77. The van der Waals surface area contributed by atoms with Crippen LogP contribution < -0.4 is 5.73 Å². The Bertz CT molecular complexity index is 431. The second-order valence-corrected chi connectivity index (χ2v) is 4.46. The SMILES string of the molecule is Cc1cc(S)cc2sc(N)cc12. The second kappa shape index (κ2) is 2.68. The van der Waals surface area contributed by atoms with Gasteiger partial charge in [0.15, 0.2) is 0 Å². The largest absolute Gasteiger partial charge is 0.391 e. The monoisotopic (exact) mass is 195 g/mol. The summed E-state index contributed by atoms with van der Waals surface area (Å²) in [5, 5.41) is 2.11. The number of fused-ring (bicyclic) bond motifs is 1. The molecule has 0 aliphatic carbocycles. The highest BCUT2D eigenvalue weighted by molar-refractivity contribution is 7.80. The van der Waals surface area contributed by atoms with Crippen LogP contribution in [0.25, 0.3) is 10.1 Å². The van der Waals surface area contributed by atoms with E-state index in [1.807, 2.05) is 12.1 Å². The molecule has 0 amide bonds. The molecule has 1 aromatic heterocycles. The second-order valence-electron chi connectivity index (χ2n) is 2.82. The summed E-state index contributed by atoms with van der Waals surface area (Å²) in [6, 6.07) is 6.12. The molecule has 1 nitrogen and oxygen atoms in total. The Morgan fingerprint density at radius 3 is 2.83 bits per heavy atom. The van der Waals surface area contributed by atoms with Crippen molar-refractivity contribution in [3.63, 3.8) is 0 Å². The first-order chi connectivity index (χ1) is 5.66. The molecule has 0 atom stereocenters. The van der Waals surface area contributed by atoms with E-state index < -0.39 is 0 Å². The van der Waals surface area contributed by atoms with Crippen LogP contribution in [0, 0.1) is 6.92 Å². The van der Waals surface area contributed by atoms with Gasteiger partial charge in [0.05, 0.1) is 5.00 Å². The van der Waals surface area contributed by atoms with Crippen LogP contribution in [-0.4, -0.2) is 0 Å². The van der Waals surface area contributed by atoms with Crippen molar-refractivity contribution < 1.29 is 0 Å². The molecule has 2 rings (SSSR count). The van der Waals surface area contributed by atoms with Crippen molar-refractivity contribution in [2.75, 3.05) is 5.73 Å². The Balaban J connectivity index is 2.88. The summed E-state index contributed by atoms with van der Waals surface area (Å²) in [5.74, 6) is 0. The van der Waals surface area contributed by atoms with Crippen LogP contribution in [0.1, 0.15) is 5.56 Å². The number of hydrogen-bond acceptors (Lipinski definition) is 3. The maximum atomic E-state index is 5.70. The lowest BCUT2D eigenvalue weighted by Gasteiger charge is -1.96. The van der Waals surface area contributed by atoms with Gasteiger partial charge < -0.3 is 5.73 Å². The van der Waals surface area contributed by atoms with Crippen molar-refractivity contribution >= 4 is 39.1 Å². The summed E-state index contributed by atoms with van der Waals surface area (Å²) >= 11 is 5.91. The van der Waals surface area contributed by atoms with Crippen molar-refractivity contribution in [1.82, 2.24) is 0 Å². The summed E-state index contributed by atoms with van der Waals surface area (Å²) in [4.78, 5) is 1.00. The van der Waals surface area contributed by atoms with Crippen LogP contribution in [0.2, 0.25) is 0 Å². The lowest BCUT2D eigenvalue weighted by molar-refractivity contribution is 1.43. The maximum absolute atomic E-state index is 5.70. The standard InChI is InChI=1S/C9H9NS2/c1-5-2-6(11)3-8-7(5)4-9(10)12-8/h2-4,11H,10H2,1H3. The highest BCUT2D eigenvalue weighted by Gasteiger charge is 2.02. The van der Waals surface area contributed by atoms with E-state index in [2.05, 4.69) is 25.6 Å². The molecule has 2 N–H and O–H groups in total. The van der Waals surface area contributed by atoms with Gasteiger partial charge in [-0.15, -0.1) is 24.0 Å². The molecule has 0 unspecified atom stereocenters. The molecule has 3 heteroatoms. The minimum Gasteiger partial charge on any atom is -0.391 e. The molecule has 2 aromatic rings. The predicted octanol–water partition coefficient (Wildman–Crippen LogP) is 3.08. The third-order valence-corrected chi connectivity index (χ3v) is 3.02. The first-order valence-electron chi connectivity index (χ1n) is 3.65. The lowest BCUT2D eigenvalue weighted by Crippen LogP contribution is -1.74. The molecular formula is C9H9NS2. The Labute approximate surface area is 80.6 Å². The van der Waals surface area contributed by atoms with Gasteiger partial charge in [0.2, 0.25) is 0 Å². The van der Waals surface area contributed by atoms with Crippen LogP contribution in [0.5, 0.6) is 0 Å². The zero-order chi connectivity index (χ0) is 8.72.